The van der Waals surface area contributed by atoms with Gasteiger partial charge in [-0.05, 0) is 40.2 Å². The van der Waals surface area contributed by atoms with Gasteiger partial charge in [0.1, 0.15) is 12.2 Å². The summed E-state index contributed by atoms with van der Waals surface area (Å²) in [7, 11) is -3.90. The maximum absolute atomic E-state index is 13.1. The first-order chi connectivity index (χ1) is 12.6. The third-order valence-electron chi connectivity index (χ3n) is 3.28. The number of esters is 2. The second-order valence-corrected chi connectivity index (χ2v) is 8.99. The summed E-state index contributed by atoms with van der Waals surface area (Å²) in [6, 6.07) is 9.12. The van der Waals surface area contributed by atoms with Crippen molar-refractivity contribution in [3.63, 3.8) is 0 Å². The number of hydrogen-bond acceptors (Lipinski definition) is 7. The summed E-state index contributed by atoms with van der Waals surface area (Å²) >= 11 is 0. The van der Waals surface area contributed by atoms with E-state index in [0.29, 0.717) is 0 Å². The van der Waals surface area contributed by atoms with E-state index in [1.165, 1.54) is 0 Å². The van der Waals surface area contributed by atoms with Crippen LogP contribution in [0.5, 0.6) is 0 Å². The molecule has 0 fully saturated rings. The molecule has 1 atom stereocenters. The molecular weight excluding hydrogens is 371 g/mol. The Morgan fingerprint density at radius 1 is 1.04 bits per heavy atom. The van der Waals surface area contributed by atoms with Crippen molar-refractivity contribution in [1.82, 2.24) is 0 Å². The van der Waals surface area contributed by atoms with Crippen LogP contribution in [0.15, 0.2) is 30.3 Å². The highest BCUT2D eigenvalue weighted by molar-refractivity contribution is 7.55. The minimum atomic E-state index is -3.90. The van der Waals surface area contributed by atoms with Gasteiger partial charge in [-0.3, -0.25) is 14.2 Å². The molecule has 0 N–H and O–H groups in total. The quantitative estimate of drug-likeness (QED) is 0.432. The predicted octanol–water partition coefficient (Wildman–Crippen LogP) is 4.10. The van der Waals surface area contributed by atoms with Gasteiger partial charge < -0.3 is 18.5 Å². The average Bonchev–Trinajstić information content (AvgIpc) is 2.57. The first-order valence-electron chi connectivity index (χ1n) is 8.92. The molecule has 0 aliphatic rings. The number of carbonyl (C=O) groups is 2. The summed E-state index contributed by atoms with van der Waals surface area (Å²) in [6.07, 6.45) is -0.459. The van der Waals surface area contributed by atoms with E-state index in [0.717, 1.165) is 5.56 Å². The molecule has 7 nitrogen and oxygen atoms in total. The molecule has 8 heteroatoms. The molecule has 1 rings (SSSR count). The van der Waals surface area contributed by atoms with Gasteiger partial charge in [-0.15, -0.1) is 0 Å². The topological polar surface area (TPSA) is 88.1 Å². The van der Waals surface area contributed by atoms with Crippen LogP contribution >= 0.6 is 7.60 Å². The minimum Gasteiger partial charge on any atom is -0.461 e. The molecule has 152 valence electrons. The zero-order chi connectivity index (χ0) is 20.5. The fourth-order valence-corrected chi connectivity index (χ4v) is 4.06. The van der Waals surface area contributed by atoms with E-state index >= 15 is 0 Å². The van der Waals surface area contributed by atoms with Crippen molar-refractivity contribution in [1.29, 1.82) is 0 Å². The monoisotopic (exact) mass is 400 g/mol. The molecule has 0 aromatic heterocycles. The van der Waals surface area contributed by atoms with E-state index in [2.05, 4.69) is 0 Å². The number of rotatable bonds is 10. The van der Waals surface area contributed by atoms with E-state index in [1.54, 1.807) is 34.6 Å². The molecule has 1 unspecified atom stereocenters. The van der Waals surface area contributed by atoms with Gasteiger partial charge in [0, 0.05) is 0 Å². The summed E-state index contributed by atoms with van der Waals surface area (Å²) in [5, 5.41) is 0. The van der Waals surface area contributed by atoms with Crippen LogP contribution in [-0.2, 0) is 39.3 Å². The van der Waals surface area contributed by atoms with Gasteiger partial charge in [0.25, 0.3) is 0 Å². The Bertz CT molecular complexity index is 642. The maximum atomic E-state index is 13.1. The third kappa shape index (κ3) is 8.24. The second-order valence-electron chi connectivity index (χ2n) is 6.78. The van der Waals surface area contributed by atoms with Crippen molar-refractivity contribution in [3.8, 4) is 0 Å². The van der Waals surface area contributed by atoms with E-state index < -0.39 is 37.2 Å². The van der Waals surface area contributed by atoms with Crippen LogP contribution in [0.3, 0.4) is 0 Å². The molecule has 0 radical (unpaired) electrons. The molecule has 1 aromatic rings. The van der Waals surface area contributed by atoms with Crippen LogP contribution in [0, 0.1) is 0 Å². The van der Waals surface area contributed by atoms with Gasteiger partial charge in [-0.25, -0.2) is 0 Å². The average molecular weight is 400 g/mol. The summed E-state index contributed by atoms with van der Waals surface area (Å²) in [5.74, 6) is -1.50. The minimum absolute atomic E-state index is 0.0499. The van der Waals surface area contributed by atoms with Gasteiger partial charge in [0.15, 0.2) is 5.66 Å². The highest BCUT2D eigenvalue weighted by Gasteiger charge is 2.45. The Morgan fingerprint density at radius 2 is 1.59 bits per heavy atom. The molecule has 0 aliphatic heterocycles. The lowest BCUT2D eigenvalue weighted by atomic mass is 10.2. The van der Waals surface area contributed by atoms with Crippen molar-refractivity contribution >= 4 is 19.5 Å². The van der Waals surface area contributed by atoms with Gasteiger partial charge in [-0.1, -0.05) is 30.3 Å². The first-order valence-corrected chi connectivity index (χ1v) is 10.5. The summed E-state index contributed by atoms with van der Waals surface area (Å²) in [6.45, 7) is 8.49. The Hall–Kier alpha value is -1.69. The number of carbonyl (C=O) groups excluding carboxylic acids is 2. The Labute approximate surface area is 160 Å². The van der Waals surface area contributed by atoms with E-state index in [4.69, 9.17) is 18.5 Å². The van der Waals surface area contributed by atoms with Crippen molar-refractivity contribution < 1.29 is 32.7 Å². The fourth-order valence-electron chi connectivity index (χ4n) is 2.23. The fraction of sp³-hybridized carbons (Fsp3) is 0.579. The highest BCUT2D eigenvalue weighted by Crippen LogP contribution is 2.55. The summed E-state index contributed by atoms with van der Waals surface area (Å²) in [5.41, 5.74) is -1.40. The number of benzene rings is 1. The van der Waals surface area contributed by atoms with Crippen LogP contribution in [0.4, 0.5) is 0 Å². The zero-order valence-corrected chi connectivity index (χ0v) is 17.5. The zero-order valence-electron chi connectivity index (χ0n) is 16.6. The molecule has 0 saturated heterocycles. The predicted molar refractivity (Wildman–Crippen MR) is 101 cm³/mol. The number of ether oxygens (including phenoxy) is 2. The van der Waals surface area contributed by atoms with E-state index in [-0.39, 0.29) is 19.8 Å². The molecule has 0 bridgehead atoms. The maximum Gasteiger partial charge on any atom is 0.345 e. The van der Waals surface area contributed by atoms with Gasteiger partial charge >= 0.3 is 19.5 Å². The first kappa shape index (κ1) is 23.3. The lowest BCUT2D eigenvalue weighted by Gasteiger charge is -2.28. The van der Waals surface area contributed by atoms with Crippen LogP contribution in [0.2, 0.25) is 0 Å². The normalized spacial score (nSPS) is 13.1. The molecule has 27 heavy (non-hydrogen) atoms. The molecule has 0 aliphatic carbocycles. The SMILES string of the molecule is CCOP(=O)(OCC)C(CC(=O)OCc1ccccc1)C(=O)OC(C)(C)C. The van der Waals surface area contributed by atoms with Crippen LogP contribution < -0.4 is 0 Å². The summed E-state index contributed by atoms with van der Waals surface area (Å²) < 4.78 is 34.1. The smallest absolute Gasteiger partial charge is 0.345 e. The Kier molecular flexibility index (Phi) is 9.16. The van der Waals surface area contributed by atoms with Gasteiger partial charge in [0.05, 0.1) is 19.6 Å². The second kappa shape index (κ2) is 10.6. The third-order valence-corrected chi connectivity index (χ3v) is 5.67. The molecule has 0 heterocycles. The van der Waals surface area contributed by atoms with Crippen molar-refractivity contribution in [3.05, 3.63) is 35.9 Å². The Morgan fingerprint density at radius 3 is 2.07 bits per heavy atom. The standard InChI is InChI=1S/C19H29O7P/c1-6-24-27(22,25-7-2)16(18(21)26-19(3,4)5)13-17(20)23-14-15-11-9-8-10-12-15/h8-12,16H,6-7,13-14H2,1-5H3. The van der Waals surface area contributed by atoms with Crippen molar-refractivity contribution in [2.75, 3.05) is 13.2 Å². The largest absolute Gasteiger partial charge is 0.461 e. The molecule has 1 aromatic carbocycles. The number of hydrogen-bond donors (Lipinski definition) is 0. The Balaban J connectivity index is 2.93. The molecule has 0 amide bonds. The summed E-state index contributed by atoms with van der Waals surface area (Å²) in [4.78, 5) is 24.9. The van der Waals surface area contributed by atoms with E-state index in [9.17, 15) is 14.2 Å². The highest BCUT2D eigenvalue weighted by atomic mass is 31.2. The molecular formula is C19H29O7P. The van der Waals surface area contributed by atoms with Gasteiger partial charge in [0.2, 0.25) is 0 Å². The van der Waals surface area contributed by atoms with Crippen LogP contribution in [-0.4, -0.2) is 36.4 Å². The van der Waals surface area contributed by atoms with E-state index in [1.807, 2.05) is 30.3 Å². The van der Waals surface area contributed by atoms with Crippen molar-refractivity contribution in [2.24, 2.45) is 0 Å². The lowest BCUT2D eigenvalue weighted by Crippen LogP contribution is -2.34. The van der Waals surface area contributed by atoms with Crippen LogP contribution in [0.1, 0.15) is 46.6 Å². The molecule has 0 spiro atoms. The molecule has 0 saturated carbocycles. The van der Waals surface area contributed by atoms with Crippen LogP contribution in [0.25, 0.3) is 0 Å². The lowest BCUT2D eigenvalue weighted by molar-refractivity contribution is -0.158. The van der Waals surface area contributed by atoms with Gasteiger partial charge in [-0.2, -0.15) is 0 Å². The van der Waals surface area contributed by atoms with Crippen molar-refractivity contribution in [2.45, 2.75) is 58.9 Å².